The Morgan fingerprint density at radius 3 is 2.38 bits per heavy atom. The normalized spacial score (nSPS) is 10.7. The summed E-state index contributed by atoms with van der Waals surface area (Å²) in [6, 6.07) is 4.65. The van der Waals surface area contributed by atoms with E-state index in [1.54, 1.807) is 12.4 Å². The van der Waals surface area contributed by atoms with E-state index in [2.05, 4.69) is 9.97 Å². The number of Topliss-reactive ketones (excluding diaryl/α,β-unsaturated/α-hetero) is 1. The summed E-state index contributed by atoms with van der Waals surface area (Å²) >= 11 is 0. The smallest absolute Gasteiger partial charge is 0.328 e. The Morgan fingerprint density at radius 2 is 1.83 bits per heavy atom. The number of benzene rings is 1. The molecule has 2 heterocycles. The molecule has 3 rings (SSSR count). The highest BCUT2D eigenvalue weighted by atomic mass is 19.1. The molecule has 29 heavy (non-hydrogen) atoms. The van der Waals surface area contributed by atoms with E-state index in [1.165, 1.54) is 12.1 Å². The van der Waals surface area contributed by atoms with Crippen molar-refractivity contribution in [3.63, 3.8) is 0 Å². The molecule has 8 nitrogen and oxygen atoms in total. The zero-order chi connectivity index (χ0) is 21.6. The van der Waals surface area contributed by atoms with E-state index in [4.69, 9.17) is 10.2 Å². The molecule has 0 fully saturated rings. The van der Waals surface area contributed by atoms with Crippen molar-refractivity contribution in [2.75, 3.05) is 0 Å². The van der Waals surface area contributed by atoms with Crippen LogP contribution in [0.2, 0.25) is 0 Å². The van der Waals surface area contributed by atoms with Crippen molar-refractivity contribution in [3.8, 4) is 0 Å². The predicted molar refractivity (Wildman–Crippen MR) is 103 cm³/mol. The fourth-order valence-corrected chi connectivity index (χ4v) is 2.76. The first-order valence-electron chi connectivity index (χ1n) is 8.55. The fraction of sp³-hybridized carbons (Fsp3) is 0.200. The number of hydrogen-bond acceptors (Lipinski definition) is 4. The minimum absolute atomic E-state index is 0.0713. The quantitative estimate of drug-likeness (QED) is 0.545. The van der Waals surface area contributed by atoms with Gasteiger partial charge in [-0.3, -0.25) is 4.79 Å². The van der Waals surface area contributed by atoms with Crippen molar-refractivity contribution < 1.29 is 29.0 Å². The van der Waals surface area contributed by atoms with Crippen molar-refractivity contribution in [2.45, 2.75) is 19.8 Å². The summed E-state index contributed by atoms with van der Waals surface area (Å²) in [5.41, 5.74) is 3.46. The number of nitrogens with one attached hydrogen (secondary N) is 1. The molecule has 0 saturated carbocycles. The van der Waals surface area contributed by atoms with Gasteiger partial charge in [-0.1, -0.05) is 0 Å². The maximum atomic E-state index is 13.4. The number of aromatic amines is 1. The van der Waals surface area contributed by atoms with Gasteiger partial charge in [-0.15, -0.1) is 0 Å². The third-order valence-electron chi connectivity index (χ3n) is 4.09. The number of carbonyl (C=O) groups is 3. The molecule has 3 N–H and O–H groups in total. The first-order chi connectivity index (χ1) is 13.7. The summed E-state index contributed by atoms with van der Waals surface area (Å²) in [7, 11) is 1.89. The number of hydrogen-bond donors (Lipinski definition) is 3. The number of fused-ring (bicyclic) bond motifs is 1. The number of aliphatic carboxylic acids is 2. The minimum atomic E-state index is -1.26. The molecule has 152 valence electrons. The van der Waals surface area contributed by atoms with Crippen LogP contribution in [0.3, 0.4) is 0 Å². The molecule has 9 heteroatoms. The molecule has 0 atom stereocenters. The highest BCUT2D eigenvalue weighted by molar-refractivity contribution is 5.91. The average Bonchev–Trinajstić information content (AvgIpc) is 3.17. The highest BCUT2D eigenvalue weighted by Gasteiger charge is 2.13. The van der Waals surface area contributed by atoms with Gasteiger partial charge in [0.15, 0.2) is 0 Å². The van der Waals surface area contributed by atoms with Gasteiger partial charge < -0.3 is 19.8 Å². The minimum Gasteiger partial charge on any atom is -0.478 e. The Morgan fingerprint density at radius 1 is 1.17 bits per heavy atom. The molecule has 0 bridgehead atoms. The second-order valence-electron chi connectivity index (χ2n) is 6.30. The summed E-state index contributed by atoms with van der Waals surface area (Å²) in [5, 5.41) is 16.4. The Balaban J connectivity index is 0.000000321. The number of H-pyrrole nitrogens is 1. The molecule has 0 saturated heterocycles. The van der Waals surface area contributed by atoms with E-state index < -0.39 is 11.9 Å². The van der Waals surface area contributed by atoms with Crippen molar-refractivity contribution in [2.24, 2.45) is 7.05 Å². The van der Waals surface area contributed by atoms with Gasteiger partial charge in [0.1, 0.15) is 11.6 Å². The SMILES string of the molecule is Cc1[nH]cnc1CC(=O)Cc1cn(C)c2ccc(F)cc12.O=C(O)C=CC(=O)O. The van der Waals surface area contributed by atoms with Gasteiger partial charge in [-0.05, 0) is 30.7 Å². The number of nitrogens with zero attached hydrogens (tertiary/aromatic N) is 2. The lowest BCUT2D eigenvalue weighted by molar-refractivity contribution is -0.134. The van der Waals surface area contributed by atoms with Crippen LogP contribution in [0.1, 0.15) is 17.0 Å². The molecular formula is C20H20FN3O5. The van der Waals surface area contributed by atoms with Gasteiger partial charge in [0.2, 0.25) is 0 Å². The van der Waals surface area contributed by atoms with Crippen molar-refractivity contribution in [1.82, 2.24) is 14.5 Å². The van der Waals surface area contributed by atoms with Crippen LogP contribution in [-0.4, -0.2) is 42.5 Å². The van der Waals surface area contributed by atoms with Crippen LogP contribution in [0.4, 0.5) is 4.39 Å². The largest absolute Gasteiger partial charge is 0.478 e. The first kappa shape index (κ1) is 21.5. The Hall–Kier alpha value is -3.75. The number of aromatic nitrogens is 3. The van der Waals surface area contributed by atoms with Gasteiger partial charge >= 0.3 is 11.9 Å². The molecule has 0 aliphatic rings. The van der Waals surface area contributed by atoms with Crippen molar-refractivity contribution in [3.05, 3.63) is 65.6 Å². The number of halogens is 1. The monoisotopic (exact) mass is 401 g/mol. The predicted octanol–water partition coefficient (Wildman–Crippen LogP) is 2.42. The molecule has 0 unspecified atom stereocenters. The maximum absolute atomic E-state index is 13.4. The maximum Gasteiger partial charge on any atom is 0.328 e. The van der Waals surface area contributed by atoms with E-state index in [-0.39, 0.29) is 18.0 Å². The number of rotatable bonds is 6. The Labute approximate surface area is 165 Å². The first-order valence-corrected chi connectivity index (χ1v) is 8.55. The highest BCUT2D eigenvalue weighted by Crippen LogP contribution is 2.22. The Bertz CT molecular complexity index is 1070. The third-order valence-corrected chi connectivity index (χ3v) is 4.09. The standard InChI is InChI=1S/C16H16FN3O.C4H4O4/c1-10-15(19-9-18-10)7-13(21)5-11-8-20(2)16-4-3-12(17)6-14(11)16;5-3(6)1-2-4(7)8/h3-4,6,8-9H,5,7H2,1-2H3,(H,18,19);1-2H,(H,5,6)(H,7,8). The summed E-state index contributed by atoms with van der Waals surface area (Å²) in [6.07, 6.45) is 5.17. The number of ketones is 1. The number of carboxylic acid groups (broad SMARTS) is 2. The molecule has 0 amide bonds. The van der Waals surface area contributed by atoms with E-state index in [1.807, 2.05) is 24.7 Å². The molecule has 1 aromatic carbocycles. The van der Waals surface area contributed by atoms with Crippen LogP contribution >= 0.6 is 0 Å². The van der Waals surface area contributed by atoms with E-state index in [0.717, 1.165) is 27.9 Å². The summed E-state index contributed by atoms with van der Waals surface area (Å²) in [4.78, 5) is 38.4. The van der Waals surface area contributed by atoms with E-state index >= 15 is 0 Å². The van der Waals surface area contributed by atoms with Crippen LogP contribution in [0.5, 0.6) is 0 Å². The number of carboxylic acids is 2. The van der Waals surface area contributed by atoms with Crippen LogP contribution in [0, 0.1) is 12.7 Å². The summed E-state index contributed by atoms with van der Waals surface area (Å²) in [5.74, 6) is -2.73. The topological polar surface area (TPSA) is 125 Å². The molecular weight excluding hydrogens is 381 g/mol. The van der Waals surface area contributed by atoms with Crippen LogP contribution in [0.15, 0.2) is 42.9 Å². The van der Waals surface area contributed by atoms with Gasteiger partial charge in [0, 0.05) is 48.4 Å². The van der Waals surface area contributed by atoms with Gasteiger partial charge in [0.05, 0.1) is 18.4 Å². The zero-order valence-corrected chi connectivity index (χ0v) is 15.8. The Kier molecular flexibility index (Phi) is 7.02. The number of aryl methyl sites for hydroxylation is 2. The fourth-order valence-electron chi connectivity index (χ4n) is 2.76. The van der Waals surface area contributed by atoms with Crippen LogP contribution in [0.25, 0.3) is 10.9 Å². The number of imidazole rings is 1. The molecule has 3 aromatic rings. The van der Waals surface area contributed by atoms with Crippen LogP contribution in [-0.2, 0) is 34.3 Å². The molecule has 0 radical (unpaired) electrons. The van der Waals surface area contributed by atoms with E-state index in [9.17, 15) is 18.8 Å². The van der Waals surface area contributed by atoms with Crippen LogP contribution < -0.4 is 0 Å². The molecule has 0 spiro atoms. The second-order valence-corrected chi connectivity index (χ2v) is 6.30. The summed E-state index contributed by atoms with van der Waals surface area (Å²) < 4.78 is 15.3. The van der Waals surface area contributed by atoms with Gasteiger partial charge in [0.25, 0.3) is 0 Å². The zero-order valence-electron chi connectivity index (χ0n) is 15.8. The lowest BCUT2D eigenvalue weighted by Gasteiger charge is -2.00. The summed E-state index contributed by atoms with van der Waals surface area (Å²) in [6.45, 7) is 1.89. The third kappa shape index (κ3) is 6.13. The molecule has 0 aliphatic carbocycles. The van der Waals surface area contributed by atoms with Gasteiger partial charge in [-0.25, -0.2) is 19.0 Å². The van der Waals surface area contributed by atoms with Gasteiger partial charge in [-0.2, -0.15) is 0 Å². The lowest BCUT2D eigenvalue weighted by atomic mass is 10.0. The second kappa shape index (κ2) is 9.45. The van der Waals surface area contributed by atoms with Crippen molar-refractivity contribution >= 4 is 28.6 Å². The van der Waals surface area contributed by atoms with E-state index in [0.29, 0.717) is 18.6 Å². The molecule has 0 aliphatic heterocycles. The van der Waals surface area contributed by atoms with Crippen molar-refractivity contribution in [1.29, 1.82) is 0 Å². The molecule has 2 aromatic heterocycles. The number of carbonyl (C=O) groups excluding carboxylic acids is 1. The average molecular weight is 401 g/mol. The lowest BCUT2D eigenvalue weighted by Crippen LogP contribution is -2.07.